The lowest BCUT2D eigenvalue weighted by Gasteiger charge is -2.25. The van der Waals surface area contributed by atoms with Crippen LogP contribution in [0.3, 0.4) is 0 Å². The third kappa shape index (κ3) is 4.97. The van der Waals surface area contributed by atoms with Crippen LogP contribution in [0.4, 0.5) is 0 Å². The maximum absolute atomic E-state index is 9.86. The normalized spacial score (nSPS) is 20.1. The van der Waals surface area contributed by atoms with Gasteiger partial charge in [-0.25, -0.2) is 0 Å². The Hall–Kier alpha value is -0.0800. The maximum atomic E-state index is 9.86. The van der Waals surface area contributed by atoms with Crippen LogP contribution in [0.1, 0.15) is 53.4 Å². The minimum Gasteiger partial charge on any atom is -0.393 e. The Morgan fingerprint density at radius 2 is 1.50 bits per heavy atom. The molecule has 4 unspecified atom stereocenters. The second kappa shape index (κ2) is 7.24. The van der Waals surface area contributed by atoms with Gasteiger partial charge in [0.15, 0.2) is 0 Å². The Morgan fingerprint density at radius 1 is 0.929 bits per heavy atom. The first-order valence-corrected chi connectivity index (χ1v) is 5.88. The summed E-state index contributed by atoms with van der Waals surface area (Å²) >= 11 is 0. The Labute approximate surface area is 88.3 Å². The smallest absolute Gasteiger partial charge is 0.0593 e. The molecule has 0 bridgehead atoms. The Balaban J connectivity index is 3.86. The summed E-state index contributed by atoms with van der Waals surface area (Å²) in [4.78, 5) is 0. The van der Waals surface area contributed by atoms with E-state index in [1.54, 1.807) is 6.92 Å². The topological polar surface area (TPSA) is 40.5 Å². The first-order chi connectivity index (χ1) is 6.52. The molecule has 0 aliphatic rings. The summed E-state index contributed by atoms with van der Waals surface area (Å²) in [5.74, 6) is 0.718. The third-order valence-corrected chi connectivity index (χ3v) is 3.24. The highest BCUT2D eigenvalue weighted by molar-refractivity contribution is 4.72. The van der Waals surface area contributed by atoms with Gasteiger partial charge in [0, 0.05) is 5.92 Å². The fourth-order valence-corrected chi connectivity index (χ4v) is 1.81. The monoisotopic (exact) mass is 202 g/mol. The van der Waals surface area contributed by atoms with Crippen LogP contribution in [0.2, 0.25) is 0 Å². The zero-order chi connectivity index (χ0) is 11.1. The number of aliphatic hydroxyl groups excluding tert-OH is 2. The average Bonchev–Trinajstić information content (AvgIpc) is 2.14. The van der Waals surface area contributed by atoms with Crippen LogP contribution in [0.5, 0.6) is 0 Å². The van der Waals surface area contributed by atoms with E-state index in [2.05, 4.69) is 13.8 Å². The van der Waals surface area contributed by atoms with Crippen LogP contribution >= 0.6 is 0 Å². The van der Waals surface area contributed by atoms with Crippen molar-refractivity contribution in [3.05, 3.63) is 0 Å². The molecule has 2 nitrogen and oxygen atoms in total. The Bertz CT molecular complexity index is 134. The average molecular weight is 202 g/mol. The molecule has 0 aromatic heterocycles. The summed E-state index contributed by atoms with van der Waals surface area (Å²) in [7, 11) is 0. The van der Waals surface area contributed by atoms with Crippen molar-refractivity contribution < 1.29 is 10.2 Å². The van der Waals surface area contributed by atoms with Crippen molar-refractivity contribution in [2.75, 3.05) is 0 Å². The van der Waals surface area contributed by atoms with Gasteiger partial charge in [0.2, 0.25) is 0 Å². The van der Waals surface area contributed by atoms with E-state index in [1.165, 1.54) is 0 Å². The fraction of sp³-hybridized carbons (Fsp3) is 1.00. The van der Waals surface area contributed by atoms with E-state index in [0.29, 0.717) is 5.92 Å². The summed E-state index contributed by atoms with van der Waals surface area (Å²) in [6.07, 6.45) is 3.15. The van der Waals surface area contributed by atoms with Gasteiger partial charge in [-0.15, -0.1) is 0 Å². The van der Waals surface area contributed by atoms with E-state index in [-0.39, 0.29) is 12.0 Å². The van der Waals surface area contributed by atoms with Gasteiger partial charge < -0.3 is 10.2 Å². The van der Waals surface area contributed by atoms with Crippen molar-refractivity contribution in [2.24, 2.45) is 11.8 Å². The lowest BCUT2D eigenvalue weighted by molar-refractivity contribution is 0.0125. The molecule has 0 saturated carbocycles. The zero-order valence-corrected chi connectivity index (χ0v) is 10.0. The first kappa shape index (κ1) is 13.9. The second-order valence-corrected chi connectivity index (χ2v) is 4.47. The molecule has 0 rings (SSSR count). The molecule has 2 N–H and O–H groups in total. The van der Waals surface area contributed by atoms with Crippen molar-refractivity contribution in [2.45, 2.75) is 65.6 Å². The number of hydrogen-bond donors (Lipinski definition) is 2. The standard InChI is InChI=1S/C12H26O2/c1-5-9(3)7-8-12(14)11(6-2)10(4)13/h9-14H,5-8H2,1-4H3. The summed E-state index contributed by atoms with van der Waals surface area (Å²) in [6, 6.07) is 0. The fourth-order valence-electron chi connectivity index (χ4n) is 1.81. The Morgan fingerprint density at radius 3 is 1.86 bits per heavy atom. The molecular weight excluding hydrogens is 176 g/mol. The van der Waals surface area contributed by atoms with Crippen LogP contribution in [-0.4, -0.2) is 22.4 Å². The van der Waals surface area contributed by atoms with E-state index < -0.39 is 6.10 Å². The van der Waals surface area contributed by atoms with Crippen LogP contribution in [0, 0.1) is 11.8 Å². The van der Waals surface area contributed by atoms with Crippen LogP contribution in [-0.2, 0) is 0 Å². The highest BCUT2D eigenvalue weighted by Gasteiger charge is 2.22. The van der Waals surface area contributed by atoms with Crippen LogP contribution < -0.4 is 0 Å². The van der Waals surface area contributed by atoms with Gasteiger partial charge in [-0.3, -0.25) is 0 Å². The van der Waals surface area contributed by atoms with E-state index in [1.807, 2.05) is 6.92 Å². The number of aliphatic hydroxyl groups is 2. The molecule has 0 amide bonds. The SMILES string of the molecule is CCC(C)CCC(O)C(CC)C(C)O. The van der Waals surface area contributed by atoms with Crippen LogP contribution in [0.25, 0.3) is 0 Å². The van der Waals surface area contributed by atoms with E-state index >= 15 is 0 Å². The highest BCUT2D eigenvalue weighted by Crippen LogP contribution is 2.20. The molecule has 86 valence electrons. The van der Waals surface area contributed by atoms with E-state index in [0.717, 1.165) is 25.7 Å². The molecular formula is C12H26O2. The quantitative estimate of drug-likeness (QED) is 0.666. The molecule has 0 aliphatic heterocycles. The summed E-state index contributed by atoms with van der Waals surface area (Å²) in [5, 5.41) is 19.3. The van der Waals surface area contributed by atoms with Crippen molar-refractivity contribution in [3.63, 3.8) is 0 Å². The lowest BCUT2D eigenvalue weighted by Crippen LogP contribution is -2.29. The van der Waals surface area contributed by atoms with Crippen molar-refractivity contribution in [1.82, 2.24) is 0 Å². The molecule has 0 fully saturated rings. The highest BCUT2D eigenvalue weighted by atomic mass is 16.3. The largest absolute Gasteiger partial charge is 0.393 e. The summed E-state index contributed by atoms with van der Waals surface area (Å²) in [5.41, 5.74) is 0. The third-order valence-electron chi connectivity index (χ3n) is 3.24. The molecule has 4 atom stereocenters. The molecule has 0 aromatic rings. The lowest BCUT2D eigenvalue weighted by atomic mass is 9.89. The van der Waals surface area contributed by atoms with Crippen molar-refractivity contribution in [1.29, 1.82) is 0 Å². The second-order valence-electron chi connectivity index (χ2n) is 4.47. The van der Waals surface area contributed by atoms with Crippen molar-refractivity contribution >= 4 is 0 Å². The van der Waals surface area contributed by atoms with Gasteiger partial charge in [-0.1, -0.05) is 27.2 Å². The van der Waals surface area contributed by atoms with Gasteiger partial charge >= 0.3 is 0 Å². The minimum absolute atomic E-state index is 0.0408. The summed E-state index contributed by atoms with van der Waals surface area (Å²) in [6.45, 7) is 8.16. The van der Waals surface area contributed by atoms with Gasteiger partial charge in [0.25, 0.3) is 0 Å². The van der Waals surface area contributed by atoms with E-state index in [4.69, 9.17) is 0 Å². The number of hydrogen-bond acceptors (Lipinski definition) is 2. The predicted molar refractivity (Wildman–Crippen MR) is 60.2 cm³/mol. The molecule has 0 radical (unpaired) electrons. The van der Waals surface area contributed by atoms with E-state index in [9.17, 15) is 10.2 Å². The maximum Gasteiger partial charge on any atom is 0.0593 e. The molecule has 0 heterocycles. The predicted octanol–water partition coefficient (Wildman–Crippen LogP) is 2.58. The number of rotatable bonds is 7. The van der Waals surface area contributed by atoms with Gasteiger partial charge in [-0.05, 0) is 32.1 Å². The van der Waals surface area contributed by atoms with Crippen molar-refractivity contribution in [3.8, 4) is 0 Å². The van der Waals surface area contributed by atoms with Gasteiger partial charge in [-0.2, -0.15) is 0 Å². The molecule has 2 heteroatoms. The molecule has 0 aromatic carbocycles. The summed E-state index contributed by atoms with van der Waals surface area (Å²) < 4.78 is 0. The first-order valence-electron chi connectivity index (χ1n) is 5.88. The van der Waals surface area contributed by atoms with Crippen LogP contribution in [0.15, 0.2) is 0 Å². The molecule has 0 saturated heterocycles. The van der Waals surface area contributed by atoms with Gasteiger partial charge in [0.05, 0.1) is 12.2 Å². The Kier molecular flexibility index (Phi) is 7.20. The molecule has 14 heavy (non-hydrogen) atoms. The minimum atomic E-state index is -0.396. The van der Waals surface area contributed by atoms with Gasteiger partial charge in [0.1, 0.15) is 0 Å². The molecule has 0 spiro atoms. The zero-order valence-electron chi connectivity index (χ0n) is 10.0. The molecule has 0 aliphatic carbocycles.